The third kappa shape index (κ3) is 5.74. The third-order valence-electron chi connectivity index (χ3n) is 5.81. The lowest BCUT2D eigenvalue weighted by Crippen LogP contribution is -2.55. The van der Waals surface area contributed by atoms with Gasteiger partial charge in [-0.15, -0.1) is 11.3 Å². The molecule has 1 aliphatic carbocycles. The maximum atomic E-state index is 12.9. The number of piperazine rings is 1. The van der Waals surface area contributed by atoms with Gasteiger partial charge >= 0.3 is 0 Å². The molecule has 1 aromatic rings. The van der Waals surface area contributed by atoms with Crippen LogP contribution in [0.5, 0.6) is 0 Å². The molecule has 2 heterocycles. The first-order valence-corrected chi connectivity index (χ1v) is 13.5. The summed E-state index contributed by atoms with van der Waals surface area (Å²) >= 11 is 10.2. The van der Waals surface area contributed by atoms with Crippen LogP contribution < -0.4 is 4.72 Å². The van der Waals surface area contributed by atoms with Crippen LogP contribution in [0.25, 0.3) is 0 Å². The van der Waals surface area contributed by atoms with E-state index in [0.717, 1.165) is 50.4 Å². The molecule has 6 nitrogen and oxygen atoms in total. The predicted molar refractivity (Wildman–Crippen MR) is 121 cm³/mol. The molecule has 1 saturated heterocycles. The van der Waals surface area contributed by atoms with Crippen LogP contribution in [0, 0.1) is 5.92 Å². The fourth-order valence-corrected chi connectivity index (χ4v) is 8.43. The summed E-state index contributed by atoms with van der Waals surface area (Å²) in [5.41, 5.74) is 0.131. The van der Waals surface area contributed by atoms with Crippen molar-refractivity contribution in [3.63, 3.8) is 0 Å². The van der Waals surface area contributed by atoms with Gasteiger partial charge in [0.15, 0.2) is 4.21 Å². The highest BCUT2D eigenvalue weighted by Crippen LogP contribution is 2.35. The summed E-state index contributed by atoms with van der Waals surface area (Å²) in [5, 5.41) is 0. The Kier molecular flexibility index (Phi) is 7.38. The number of nitrogens with one attached hydrogen (secondary N) is 1. The molecule has 3 rings (SSSR count). The Morgan fingerprint density at radius 3 is 2.24 bits per heavy atom. The number of carbonyl (C=O) groups excluding carboxylic acids is 1. The van der Waals surface area contributed by atoms with E-state index in [1.807, 2.05) is 4.90 Å². The normalized spacial score (nSPS) is 24.7. The number of hydrogen-bond donors (Lipinski definition) is 1. The summed E-state index contributed by atoms with van der Waals surface area (Å²) in [5.74, 6) is 0.229. The molecule has 0 spiro atoms. The fraction of sp³-hybridized carbons (Fsp3) is 0.737. The lowest BCUT2D eigenvalue weighted by Gasteiger charge is -2.43. The molecule has 1 saturated carbocycles. The second-order valence-electron chi connectivity index (χ2n) is 8.84. The van der Waals surface area contributed by atoms with E-state index in [-0.39, 0.29) is 27.6 Å². The highest BCUT2D eigenvalue weighted by molar-refractivity contribution is 9.10. The molecule has 0 radical (unpaired) electrons. The number of nitrogens with zero attached hydrogens (tertiary/aromatic N) is 2. The molecule has 0 unspecified atom stereocenters. The van der Waals surface area contributed by atoms with E-state index >= 15 is 0 Å². The third-order valence-corrected chi connectivity index (χ3v) is 10.3. The quantitative estimate of drug-likeness (QED) is 0.645. The van der Waals surface area contributed by atoms with Crippen LogP contribution >= 0.6 is 38.9 Å². The molecule has 1 amide bonds. The van der Waals surface area contributed by atoms with Gasteiger partial charge in [0.25, 0.3) is 10.0 Å². The maximum absolute atomic E-state index is 12.9. The second-order valence-corrected chi connectivity index (χ2v) is 13.3. The van der Waals surface area contributed by atoms with Gasteiger partial charge in [0.05, 0.1) is 8.81 Å². The van der Waals surface area contributed by atoms with Crippen molar-refractivity contribution < 1.29 is 13.2 Å². The van der Waals surface area contributed by atoms with Crippen LogP contribution in [-0.4, -0.2) is 61.9 Å². The van der Waals surface area contributed by atoms with Crippen LogP contribution in [0.15, 0.2) is 14.7 Å². The molecule has 10 heteroatoms. The maximum Gasteiger partial charge on any atom is 0.251 e. The number of sulfonamides is 1. The zero-order valence-electron chi connectivity index (χ0n) is 17.1. The van der Waals surface area contributed by atoms with Crippen molar-refractivity contribution in [1.29, 1.82) is 0 Å². The van der Waals surface area contributed by atoms with Crippen LogP contribution in [-0.2, 0) is 14.8 Å². The van der Waals surface area contributed by atoms with Crippen molar-refractivity contribution in [1.82, 2.24) is 14.5 Å². The van der Waals surface area contributed by atoms with Crippen LogP contribution in [0.4, 0.5) is 0 Å². The smallest absolute Gasteiger partial charge is 0.251 e. The van der Waals surface area contributed by atoms with Gasteiger partial charge in [-0.05, 0) is 68.5 Å². The lowest BCUT2D eigenvalue weighted by atomic mass is 9.85. The molecule has 0 atom stereocenters. The van der Waals surface area contributed by atoms with Gasteiger partial charge in [0.1, 0.15) is 0 Å². The number of carbonyl (C=O) groups is 1. The second kappa shape index (κ2) is 9.12. The standard InChI is InChI=1S/C19H29BrClN3O3S2/c1-19(2,3)24-10-8-23(9-11-24)17(25)13-4-6-14(7-5-13)22-29(26,27)18-15(20)12-16(21)28-18/h12-14,22H,4-11H2,1-3H3. The molecule has 0 bridgehead atoms. The number of hydrogen-bond acceptors (Lipinski definition) is 5. The molecule has 1 aliphatic heterocycles. The zero-order chi connectivity index (χ0) is 21.4. The van der Waals surface area contributed by atoms with Gasteiger partial charge in [-0.1, -0.05) is 11.6 Å². The zero-order valence-corrected chi connectivity index (χ0v) is 21.1. The Labute approximate surface area is 191 Å². The SMILES string of the molecule is CC(C)(C)N1CCN(C(=O)C2CCC(NS(=O)(=O)c3sc(Cl)cc3Br)CC2)CC1. The minimum atomic E-state index is -3.61. The summed E-state index contributed by atoms with van der Waals surface area (Å²) in [4.78, 5) is 17.3. The minimum absolute atomic E-state index is 0.000130. The van der Waals surface area contributed by atoms with E-state index in [2.05, 4.69) is 46.3 Å². The fourth-order valence-electron chi connectivity index (χ4n) is 4.10. The van der Waals surface area contributed by atoms with Gasteiger partial charge in [-0.25, -0.2) is 13.1 Å². The number of amides is 1. The van der Waals surface area contributed by atoms with Crippen LogP contribution in [0.1, 0.15) is 46.5 Å². The highest BCUT2D eigenvalue weighted by atomic mass is 79.9. The van der Waals surface area contributed by atoms with E-state index in [1.54, 1.807) is 6.07 Å². The number of thiophene rings is 1. The van der Waals surface area contributed by atoms with Crippen LogP contribution in [0.2, 0.25) is 4.34 Å². The van der Waals surface area contributed by atoms with Crippen molar-refractivity contribution >= 4 is 54.8 Å². The van der Waals surface area contributed by atoms with E-state index in [1.165, 1.54) is 0 Å². The highest BCUT2D eigenvalue weighted by Gasteiger charge is 2.34. The monoisotopic (exact) mass is 525 g/mol. The van der Waals surface area contributed by atoms with E-state index in [9.17, 15) is 13.2 Å². The molecular formula is C19H29BrClN3O3S2. The lowest BCUT2D eigenvalue weighted by molar-refractivity contribution is -0.139. The largest absolute Gasteiger partial charge is 0.340 e. The summed E-state index contributed by atoms with van der Waals surface area (Å²) in [6, 6.07) is 1.45. The first kappa shape index (κ1) is 23.5. The molecular weight excluding hydrogens is 498 g/mol. The molecule has 1 aromatic heterocycles. The molecule has 1 N–H and O–H groups in total. The van der Waals surface area contributed by atoms with Crippen molar-refractivity contribution in [2.45, 2.75) is 62.2 Å². The first-order valence-electron chi connectivity index (χ1n) is 9.98. The van der Waals surface area contributed by atoms with Gasteiger partial charge in [-0.2, -0.15) is 0 Å². The molecule has 164 valence electrons. The van der Waals surface area contributed by atoms with Crippen molar-refractivity contribution in [3.05, 3.63) is 14.9 Å². The molecule has 0 aromatic carbocycles. The Bertz CT molecular complexity index is 837. The molecule has 2 fully saturated rings. The predicted octanol–water partition coefficient (Wildman–Crippen LogP) is 3.94. The Morgan fingerprint density at radius 2 is 1.76 bits per heavy atom. The number of halogens is 2. The van der Waals surface area contributed by atoms with Crippen LogP contribution in [0.3, 0.4) is 0 Å². The van der Waals surface area contributed by atoms with Crippen molar-refractivity contribution in [2.24, 2.45) is 5.92 Å². The van der Waals surface area contributed by atoms with Gasteiger partial charge in [0.2, 0.25) is 5.91 Å². The molecule has 29 heavy (non-hydrogen) atoms. The van der Waals surface area contributed by atoms with Gasteiger partial charge in [-0.3, -0.25) is 9.69 Å². The summed E-state index contributed by atoms with van der Waals surface area (Å²) < 4.78 is 29.2. The van der Waals surface area contributed by atoms with Crippen molar-refractivity contribution in [3.8, 4) is 0 Å². The van der Waals surface area contributed by atoms with E-state index < -0.39 is 10.0 Å². The molecule has 2 aliphatic rings. The summed E-state index contributed by atoms with van der Waals surface area (Å²) in [7, 11) is -3.61. The minimum Gasteiger partial charge on any atom is -0.340 e. The average molecular weight is 527 g/mol. The first-order chi connectivity index (χ1) is 13.5. The van der Waals surface area contributed by atoms with Crippen molar-refractivity contribution in [2.75, 3.05) is 26.2 Å². The Morgan fingerprint density at radius 1 is 1.17 bits per heavy atom. The summed E-state index contributed by atoms with van der Waals surface area (Å²) in [6.07, 6.45) is 2.79. The topological polar surface area (TPSA) is 69.7 Å². The summed E-state index contributed by atoms with van der Waals surface area (Å²) in [6.45, 7) is 9.97. The van der Waals surface area contributed by atoms with Gasteiger partial charge in [0, 0.05) is 43.7 Å². The van der Waals surface area contributed by atoms with E-state index in [0.29, 0.717) is 21.7 Å². The van der Waals surface area contributed by atoms with Gasteiger partial charge < -0.3 is 4.90 Å². The van der Waals surface area contributed by atoms with E-state index in [4.69, 9.17) is 11.6 Å². The Balaban J connectivity index is 1.50. The Hall–Kier alpha value is -0.190. The number of rotatable bonds is 4. The average Bonchev–Trinajstić information content (AvgIpc) is 3.00.